The van der Waals surface area contributed by atoms with Crippen LogP contribution < -0.4 is 4.50 Å². The zero-order valence-corrected chi connectivity index (χ0v) is 56.2. The van der Waals surface area contributed by atoms with Crippen LogP contribution >= 0.6 is 90.7 Å². The number of aromatic nitrogens is 4. The van der Waals surface area contributed by atoms with Crippen LogP contribution in [0.25, 0.3) is 82.5 Å². The van der Waals surface area contributed by atoms with E-state index in [1.807, 2.05) is 33.5 Å². The largest absolute Gasteiger partial charge is 0.306 e. The highest BCUT2D eigenvalue weighted by Gasteiger charge is 2.50. The molecule has 0 unspecified atom stereocenters. The number of carbonyl (C=O) groups excluding carboxylic acids is 2. The van der Waals surface area contributed by atoms with Crippen molar-refractivity contribution in [2.24, 2.45) is 0 Å². The third-order valence-electron chi connectivity index (χ3n) is 16.5. The molecule has 9 aromatic rings. The van der Waals surface area contributed by atoms with Crippen LogP contribution in [0.3, 0.4) is 0 Å². The van der Waals surface area contributed by atoms with E-state index < -0.39 is 8.07 Å². The molecule has 0 saturated carbocycles. The van der Waals surface area contributed by atoms with Crippen LogP contribution in [-0.2, 0) is 9.59 Å². The minimum absolute atomic E-state index is 0.0444. The number of thiophene rings is 4. The van der Waals surface area contributed by atoms with Gasteiger partial charge in [-0.1, -0.05) is 126 Å². The quantitative estimate of drug-likeness (QED) is 0.0418. The summed E-state index contributed by atoms with van der Waals surface area (Å²) in [7, 11) is -1.91. The van der Waals surface area contributed by atoms with Crippen molar-refractivity contribution >= 4 is 147 Å². The number of nitrogens with zero attached hydrogens (tertiary/aromatic N) is 6. The van der Waals surface area contributed by atoms with Crippen LogP contribution in [0.1, 0.15) is 157 Å². The summed E-state index contributed by atoms with van der Waals surface area (Å²) < 4.78 is 3.71. The van der Waals surface area contributed by atoms with E-state index in [2.05, 4.69) is 125 Å². The first-order valence-corrected chi connectivity index (χ1v) is 38.0. The molecule has 81 heavy (non-hydrogen) atoms. The Bertz CT molecular complexity index is 3810. The molecule has 2 aliphatic rings. The summed E-state index contributed by atoms with van der Waals surface area (Å²) in [6.07, 6.45) is 17.4. The molecule has 0 atom stereocenters. The maximum atomic E-state index is 15.2. The fraction of sp³-hybridized carbons (Fsp3) is 0.438. The van der Waals surface area contributed by atoms with E-state index in [1.165, 1.54) is 53.2 Å². The second kappa shape index (κ2) is 24.7. The molecule has 0 fully saturated rings. The molecule has 424 valence electrons. The third kappa shape index (κ3) is 11.0. The van der Waals surface area contributed by atoms with Crippen molar-refractivity contribution in [3.8, 4) is 50.7 Å². The Hall–Kier alpha value is -4.30. The lowest BCUT2D eigenvalue weighted by atomic mass is 10.1. The smallest absolute Gasteiger partial charge is 0.261 e. The Morgan fingerprint density at radius 3 is 1.37 bits per heavy atom. The second-order valence-electron chi connectivity index (χ2n) is 22.9. The van der Waals surface area contributed by atoms with E-state index in [9.17, 15) is 0 Å². The van der Waals surface area contributed by atoms with Gasteiger partial charge in [-0.05, 0) is 97.2 Å². The van der Waals surface area contributed by atoms with Gasteiger partial charge in [-0.15, -0.1) is 90.7 Å². The van der Waals surface area contributed by atoms with Gasteiger partial charge in [0, 0.05) is 45.0 Å². The summed E-state index contributed by atoms with van der Waals surface area (Å²) >= 11 is 14.0. The Morgan fingerprint density at radius 2 is 0.877 bits per heavy atom. The topological polar surface area (TPSA) is 92.2 Å². The van der Waals surface area contributed by atoms with Gasteiger partial charge in [0.15, 0.2) is 0 Å². The predicted octanol–water partition coefficient (Wildman–Crippen LogP) is 20.7. The average molecular weight is 1240 g/mol. The minimum Gasteiger partial charge on any atom is -0.306 e. The SMILES string of the molecule is CCCCCCCCN1C(=O)C2=C(c3ccc(-c4cnc(-c5c6nc(-c7ccc([Si](C(C)C)(C(C)C)C(C)C)s7)sc6c(-c6ncc(C)s6)c6nc(-c7ccc(C)s7)sc56)s4)s3)N(CCCCCCCC)C(=O)C2=C1c1ccc(C)s1. The van der Waals surface area contributed by atoms with Gasteiger partial charge in [0.2, 0.25) is 0 Å². The highest BCUT2D eigenvalue weighted by Crippen LogP contribution is 2.54. The Kier molecular flexibility index (Phi) is 17.8. The van der Waals surface area contributed by atoms with E-state index in [0.717, 1.165) is 131 Å². The summed E-state index contributed by atoms with van der Waals surface area (Å²) in [5, 5.41) is 3.86. The summed E-state index contributed by atoms with van der Waals surface area (Å²) in [6.45, 7) is 26.7. The van der Waals surface area contributed by atoms with E-state index in [0.29, 0.717) is 40.9 Å². The number of fused-ring (bicyclic) bond motifs is 3. The number of rotatable bonds is 25. The van der Waals surface area contributed by atoms with Crippen LogP contribution in [0.4, 0.5) is 0 Å². The Morgan fingerprint density at radius 1 is 0.432 bits per heavy atom. The lowest BCUT2D eigenvalue weighted by Crippen LogP contribution is -2.54. The first-order valence-electron chi connectivity index (χ1n) is 29.3. The molecule has 0 N–H and O–H groups in total. The van der Waals surface area contributed by atoms with Crippen molar-refractivity contribution in [1.29, 1.82) is 0 Å². The van der Waals surface area contributed by atoms with Gasteiger partial charge in [0.25, 0.3) is 11.8 Å². The molecular weight excluding hydrogens is 1170 g/mol. The van der Waals surface area contributed by atoms with E-state index >= 15 is 9.59 Å². The lowest BCUT2D eigenvalue weighted by Gasteiger charge is -2.42. The lowest BCUT2D eigenvalue weighted by molar-refractivity contribution is -0.124. The number of hydrogen-bond acceptors (Lipinski definition) is 14. The molecule has 2 amide bonds. The van der Waals surface area contributed by atoms with E-state index in [1.54, 1.807) is 83.9 Å². The van der Waals surface area contributed by atoms with Crippen molar-refractivity contribution in [1.82, 2.24) is 29.7 Å². The van der Waals surface area contributed by atoms with Gasteiger partial charge < -0.3 is 9.80 Å². The fourth-order valence-corrected chi connectivity index (χ4v) is 30.0. The molecule has 0 aliphatic carbocycles. The Balaban J connectivity index is 1.03. The van der Waals surface area contributed by atoms with Crippen LogP contribution in [0.2, 0.25) is 16.6 Å². The molecule has 10 heterocycles. The zero-order chi connectivity index (χ0) is 56.9. The first-order chi connectivity index (χ1) is 39.1. The van der Waals surface area contributed by atoms with Crippen LogP contribution in [0, 0.1) is 20.8 Å². The zero-order valence-electron chi connectivity index (χ0n) is 48.7. The van der Waals surface area contributed by atoms with Gasteiger partial charge in [-0.2, -0.15) is 0 Å². The molecule has 0 saturated heterocycles. The van der Waals surface area contributed by atoms with Crippen molar-refractivity contribution in [3.63, 3.8) is 0 Å². The number of unbranched alkanes of at least 4 members (excludes halogenated alkanes) is 10. The van der Waals surface area contributed by atoms with Crippen molar-refractivity contribution < 1.29 is 9.59 Å². The highest BCUT2D eigenvalue weighted by molar-refractivity contribution is 7.33. The number of hydrogen-bond donors (Lipinski definition) is 0. The summed E-state index contributed by atoms with van der Waals surface area (Å²) in [4.78, 5) is 65.9. The van der Waals surface area contributed by atoms with Crippen molar-refractivity contribution in [3.05, 3.63) is 96.5 Å². The molecule has 1 aromatic carbocycles. The maximum Gasteiger partial charge on any atom is 0.261 e. The fourth-order valence-electron chi connectivity index (χ4n) is 12.8. The monoisotopic (exact) mass is 1240 g/mol. The number of amides is 2. The van der Waals surface area contributed by atoms with Gasteiger partial charge in [0.05, 0.1) is 78.5 Å². The first kappa shape index (κ1) is 58.5. The normalized spacial score (nSPS) is 14.3. The van der Waals surface area contributed by atoms with Crippen LogP contribution in [0.15, 0.2) is 72.1 Å². The Labute approximate surface area is 511 Å². The van der Waals surface area contributed by atoms with Gasteiger partial charge in [0.1, 0.15) is 28.1 Å². The summed E-state index contributed by atoms with van der Waals surface area (Å²) in [5.74, 6) is -0.0888. The number of aryl methyl sites for hydroxylation is 3. The molecule has 11 rings (SSSR count). The van der Waals surface area contributed by atoms with E-state index in [4.69, 9.17) is 19.9 Å². The number of thiazole rings is 4. The van der Waals surface area contributed by atoms with E-state index in [-0.39, 0.29) is 11.8 Å². The minimum atomic E-state index is -1.91. The standard InChI is InChI=1S/C64H74N6O2S8Si/c1-12-14-16-18-20-22-32-69-55(43-26-24-39(9)73-43)49-50(64(69)72)56(70(63(49)71)33-23-21-19-17-15-13-2)44-29-28-42(76-44)47-35-66-62(78-47)52-54-57(80-60(68-54)46-30-31-48(77-46)81(36(3)4,37(5)6)38(7)8)51(61-65-34-41(11)75-61)53-58(52)79-59(67-53)45-27-25-40(10)74-45/h24-31,34-38H,12-23,32-33H2,1-11H3. The van der Waals surface area contributed by atoms with Crippen molar-refractivity contribution in [2.75, 3.05) is 13.1 Å². The molecule has 8 aromatic heterocycles. The molecule has 0 bridgehead atoms. The third-order valence-corrected chi connectivity index (χ3v) is 33.2. The molecule has 0 radical (unpaired) electrons. The van der Waals surface area contributed by atoms with Gasteiger partial charge >= 0.3 is 0 Å². The average Bonchev–Trinajstić information content (AvgIpc) is 4.32. The van der Waals surface area contributed by atoms with Gasteiger partial charge in [-0.3, -0.25) is 9.59 Å². The molecule has 8 nitrogen and oxygen atoms in total. The molecule has 2 aliphatic heterocycles. The molecule has 0 spiro atoms. The highest BCUT2D eigenvalue weighted by atomic mass is 32.1. The number of carbonyl (C=O) groups is 2. The number of benzene rings is 1. The van der Waals surface area contributed by atoms with Crippen LogP contribution in [0.5, 0.6) is 0 Å². The summed E-state index contributed by atoms with van der Waals surface area (Å²) in [6, 6.07) is 17.7. The van der Waals surface area contributed by atoms with Crippen molar-refractivity contribution in [2.45, 2.75) is 170 Å². The molecular formula is C64H74N6O2S8Si. The summed E-state index contributed by atoms with van der Waals surface area (Å²) in [5.41, 5.74) is 8.47. The second-order valence-corrected chi connectivity index (χ2v) is 38.1. The van der Waals surface area contributed by atoms with Gasteiger partial charge in [-0.25, -0.2) is 19.9 Å². The predicted molar refractivity (Wildman–Crippen MR) is 358 cm³/mol. The van der Waals surface area contributed by atoms with Crippen LogP contribution in [-0.4, -0.2) is 62.7 Å². The maximum absolute atomic E-state index is 15.2. The molecule has 17 heteroatoms.